The fraction of sp³-hybridized carbons (Fsp3) is 0.381. The normalized spacial score (nSPS) is 16.3. The van der Waals surface area contributed by atoms with Gasteiger partial charge >= 0.3 is 6.18 Å². The summed E-state index contributed by atoms with van der Waals surface area (Å²) in [6.07, 6.45) is -2.21. The lowest BCUT2D eigenvalue weighted by atomic mass is 9.79. The number of imidazole rings is 1. The maximum absolute atomic E-state index is 13.2. The lowest BCUT2D eigenvalue weighted by Crippen LogP contribution is -2.33. The lowest BCUT2D eigenvalue weighted by molar-refractivity contribution is -0.141. The molecule has 1 aliphatic rings. The molecule has 1 aliphatic carbocycles. The number of aromatic nitrogens is 3. The minimum atomic E-state index is -4.66. The SMILES string of the molecule is CCOc1cc2nc(C3CC(F)(F)C3)cn2cc1CC(=O)c1cccc(C(F)(F)F)n1. The van der Waals surface area contributed by atoms with E-state index in [1.165, 1.54) is 6.07 Å². The number of rotatable bonds is 6. The molecule has 31 heavy (non-hydrogen) atoms. The van der Waals surface area contributed by atoms with Gasteiger partial charge in [0.05, 0.1) is 12.3 Å². The van der Waals surface area contributed by atoms with Crippen molar-refractivity contribution in [3.63, 3.8) is 0 Å². The highest BCUT2D eigenvalue weighted by Crippen LogP contribution is 2.48. The van der Waals surface area contributed by atoms with Crippen LogP contribution in [0.3, 0.4) is 0 Å². The molecule has 0 aliphatic heterocycles. The minimum Gasteiger partial charge on any atom is -0.493 e. The highest BCUT2D eigenvalue weighted by molar-refractivity contribution is 5.96. The van der Waals surface area contributed by atoms with Crippen molar-refractivity contribution in [1.82, 2.24) is 14.4 Å². The third-order valence-electron chi connectivity index (χ3n) is 5.14. The average molecular weight is 439 g/mol. The van der Waals surface area contributed by atoms with Gasteiger partial charge in [-0.1, -0.05) is 6.07 Å². The van der Waals surface area contributed by atoms with Gasteiger partial charge in [-0.15, -0.1) is 0 Å². The second kappa shape index (κ2) is 7.58. The molecule has 0 spiro atoms. The van der Waals surface area contributed by atoms with E-state index in [0.29, 0.717) is 29.3 Å². The van der Waals surface area contributed by atoms with Crippen molar-refractivity contribution in [2.24, 2.45) is 0 Å². The fourth-order valence-electron chi connectivity index (χ4n) is 3.58. The van der Waals surface area contributed by atoms with Crippen LogP contribution in [0.5, 0.6) is 5.75 Å². The second-order valence-electron chi connectivity index (χ2n) is 7.49. The highest BCUT2D eigenvalue weighted by atomic mass is 19.4. The number of hydrogen-bond acceptors (Lipinski definition) is 4. The van der Waals surface area contributed by atoms with Crippen molar-refractivity contribution in [2.45, 2.75) is 44.2 Å². The Hall–Kier alpha value is -3.04. The molecule has 0 saturated heterocycles. The molecule has 3 aromatic heterocycles. The fourth-order valence-corrected chi connectivity index (χ4v) is 3.58. The predicted octanol–water partition coefficient (Wildman–Crippen LogP) is 5.08. The molecule has 164 valence electrons. The van der Waals surface area contributed by atoms with Crippen LogP contribution in [-0.2, 0) is 12.6 Å². The Kier molecular flexibility index (Phi) is 5.18. The molecule has 4 rings (SSSR count). The molecule has 5 nitrogen and oxygen atoms in total. The number of carbonyl (C=O) groups excluding carboxylic acids is 1. The summed E-state index contributed by atoms with van der Waals surface area (Å²) in [7, 11) is 0. The first-order valence-corrected chi connectivity index (χ1v) is 9.65. The van der Waals surface area contributed by atoms with Gasteiger partial charge in [0.2, 0.25) is 5.92 Å². The largest absolute Gasteiger partial charge is 0.493 e. The van der Waals surface area contributed by atoms with Crippen molar-refractivity contribution in [3.05, 3.63) is 59.3 Å². The third kappa shape index (κ3) is 4.38. The molecule has 1 saturated carbocycles. The zero-order valence-corrected chi connectivity index (χ0v) is 16.4. The molecule has 0 radical (unpaired) electrons. The number of pyridine rings is 2. The quantitative estimate of drug-likeness (QED) is 0.397. The van der Waals surface area contributed by atoms with Crippen molar-refractivity contribution in [2.75, 3.05) is 6.61 Å². The van der Waals surface area contributed by atoms with Gasteiger partial charge in [-0.05, 0) is 19.1 Å². The molecular formula is C21H18F5N3O2. The van der Waals surface area contributed by atoms with Crippen LogP contribution in [-0.4, -0.2) is 32.7 Å². The summed E-state index contributed by atoms with van der Waals surface area (Å²) in [6, 6.07) is 4.74. The number of fused-ring (bicyclic) bond motifs is 1. The van der Waals surface area contributed by atoms with E-state index in [-0.39, 0.29) is 30.9 Å². The van der Waals surface area contributed by atoms with Crippen molar-refractivity contribution >= 4 is 11.4 Å². The monoisotopic (exact) mass is 439 g/mol. The summed E-state index contributed by atoms with van der Waals surface area (Å²) in [4.78, 5) is 20.5. The van der Waals surface area contributed by atoms with Gasteiger partial charge in [0.25, 0.3) is 0 Å². The Bertz CT molecular complexity index is 1130. The molecule has 0 bridgehead atoms. The number of halogens is 5. The van der Waals surface area contributed by atoms with E-state index in [1.807, 2.05) is 0 Å². The molecule has 0 aromatic carbocycles. The van der Waals surface area contributed by atoms with Crippen LogP contribution < -0.4 is 4.74 Å². The number of ether oxygens (including phenoxy) is 1. The molecule has 10 heteroatoms. The number of hydrogen-bond donors (Lipinski definition) is 0. The zero-order valence-electron chi connectivity index (χ0n) is 16.4. The molecule has 0 N–H and O–H groups in total. The average Bonchev–Trinajstić information content (AvgIpc) is 3.08. The van der Waals surface area contributed by atoms with E-state index in [2.05, 4.69) is 9.97 Å². The highest BCUT2D eigenvalue weighted by Gasteiger charge is 2.46. The van der Waals surface area contributed by atoms with E-state index in [1.54, 1.807) is 29.8 Å². The number of carbonyl (C=O) groups is 1. The zero-order chi connectivity index (χ0) is 22.4. The molecule has 1 fully saturated rings. The maximum Gasteiger partial charge on any atom is 0.433 e. The summed E-state index contributed by atoms with van der Waals surface area (Å²) in [5, 5.41) is 0. The lowest BCUT2D eigenvalue weighted by Gasteiger charge is -2.33. The molecule has 0 unspecified atom stereocenters. The smallest absolute Gasteiger partial charge is 0.433 e. The second-order valence-corrected chi connectivity index (χ2v) is 7.49. The Balaban J connectivity index is 1.63. The minimum absolute atomic E-state index is 0.241. The number of nitrogens with zero attached hydrogens (tertiary/aromatic N) is 3. The molecule has 3 aromatic rings. The van der Waals surface area contributed by atoms with E-state index in [9.17, 15) is 26.7 Å². The Morgan fingerprint density at radius 3 is 2.61 bits per heavy atom. The first kappa shape index (κ1) is 21.2. The van der Waals surface area contributed by atoms with Crippen LogP contribution in [0.4, 0.5) is 22.0 Å². The summed E-state index contributed by atoms with van der Waals surface area (Å²) in [5.74, 6) is -3.27. The van der Waals surface area contributed by atoms with Crippen LogP contribution in [0.15, 0.2) is 36.7 Å². The Morgan fingerprint density at radius 1 is 1.23 bits per heavy atom. The predicted molar refractivity (Wildman–Crippen MR) is 101 cm³/mol. The van der Waals surface area contributed by atoms with Crippen molar-refractivity contribution in [3.8, 4) is 5.75 Å². The Morgan fingerprint density at radius 2 is 1.97 bits per heavy atom. The van der Waals surface area contributed by atoms with E-state index in [0.717, 1.165) is 12.1 Å². The van der Waals surface area contributed by atoms with E-state index < -0.39 is 23.6 Å². The number of alkyl halides is 5. The molecular weight excluding hydrogens is 421 g/mol. The van der Waals surface area contributed by atoms with Gasteiger partial charge in [-0.3, -0.25) is 4.79 Å². The van der Waals surface area contributed by atoms with Gasteiger partial charge in [0, 0.05) is 49.2 Å². The molecule has 3 heterocycles. The van der Waals surface area contributed by atoms with Crippen molar-refractivity contribution in [1.29, 1.82) is 0 Å². The summed E-state index contributed by atoms with van der Waals surface area (Å²) in [5.41, 5.74) is -0.0179. The van der Waals surface area contributed by atoms with Crippen LogP contribution in [0.2, 0.25) is 0 Å². The van der Waals surface area contributed by atoms with Crippen LogP contribution >= 0.6 is 0 Å². The van der Waals surface area contributed by atoms with Gasteiger partial charge in [0.15, 0.2) is 5.78 Å². The summed E-state index contributed by atoms with van der Waals surface area (Å²) >= 11 is 0. The first-order valence-electron chi connectivity index (χ1n) is 9.65. The van der Waals surface area contributed by atoms with Crippen molar-refractivity contribution < 1.29 is 31.5 Å². The number of ketones is 1. The van der Waals surface area contributed by atoms with Crippen LogP contribution in [0.25, 0.3) is 5.65 Å². The summed E-state index contributed by atoms with van der Waals surface area (Å²) in [6.45, 7) is 2.04. The van der Waals surface area contributed by atoms with Gasteiger partial charge in [-0.2, -0.15) is 13.2 Å². The van der Waals surface area contributed by atoms with E-state index >= 15 is 0 Å². The van der Waals surface area contributed by atoms with Crippen LogP contribution in [0, 0.1) is 0 Å². The topological polar surface area (TPSA) is 56.5 Å². The van der Waals surface area contributed by atoms with E-state index in [4.69, 9.17) is 4.74 Å². The number of Topliss-reactive ketones (excluding diaryl/α,β-unsaturated/α-hetero) is 1. The Labute approximate surface area is 173 Å². The third-order valence-corrected chi connectivity index (χ3v) is 5.14. The van der Waals surface area contributed by atoms with Gasteiger partial charge in [0.1, 0.15) is 22.8 Å². The molecule has 0 atom stereocenters. The van der Waals surface area contributed by atoms with Gasteiger partial charge < -0.3 is 9.14 Å². The molecule has 0 amide bonds. The standard InChI is InChI=1S/C21H18F5N3O2/c1-2-31-17-7-19-28-15(13-8-20(22,23)9-13)11-29(19)10-12(17)6-16(30)14-4-3-5-18(27-14)21(24,25)26/h3-5,7,10-11,13H,2,6,8-9H2,1H3. The maximum atomic E-state index is 13.2. The van der Waals surface area contributed by atoms with Crippen LogP contribution in [0.1, 0.15) is 53.1 Å². The summed E-state index contributed by atoms with van der Waals surface area (Å²) < 4.78 is 72.3. The van der Waals surface area contributed by atoms with Gasteiger partial charge in [-0.25, -0.2) is 18.7 Å². The first-order chi connectivity index (χ1) is 14.6.